The molecule has 4 nitrogen and oxygen atoms in total. The molecular weight excluding hydrogens is 484 g/mol. The average Bonchev–Trinajstić information content (AvgIpc) is 2.96. The van der Waals surface area contributed by atoms with Crippen LogP contribution in [0.25, 0.3) is 6.08 Å². The molecule has 0 bridgehead atoms. The van der Waals surface area contributed by atoms with Crippen molar-refractivity contribution in [3.63, 3.8) is 0 Å². The maximum absolute atomic E-state index is 13.6. The third-order valence-electron chi connectivity index (χ3n) is 6.90. The molecule has 0 saturated heterocycles. The van der Waals surface area contributed by atoms with E-state index in [9.17, 15) is 4.79 Å². The highest BCUT2D eigenvalue weighted by molar-refractivity contribution is 6.10. The van der Waals surface area contributed by atoms with Crippen molar-refractivity contribution in [1.29, 1.82) is 0 Å². The lowest BCUT2D eigenvalue weighted by Gasteiger charge is -2.15. The summed E-state index contributed by atoms with van der Waals surface area (Å²) in [6, 6.07) is 11.9. The van der Waals surface area contributed by atoms with Crippen LogP contribution in [0.4, 0.5) is 0 Å². The highest BCUT2D eigenvalue weighted by atomic mass is 16.5. The molecule has 4 heteroatoms. The average molecular weight is 537 g/mol. The second-order valence-corrected chi connectivity index (χ2v) is 10.3. The molecule has 0 N–H and O–H groups in total. The van der Waals surface area contributed by atoms with E-state index in [-0.39, 0.29) is 5.78 Å². The van der Waals surface area contributed by atoms with Crippen molar-refractivity contribution in [2.24, 2.45) is 0 Å². The third-order valence-corrected chi connectivity index (χ3v) is 6.90. The first-order valence-corrected chi connectivity index (χ1v) is 15.5. The SMILES string of the molecule is CCCCCCOc1ccc(CC)cc1/C=C/C(=O)c1c(OCCCCCC)cccc1OCCCCCC. The molecule has 0 radical (unpaired) electrons. The Balaban J connectivity index is 2.24. The lowest BCUT2D eigenvalue weighted by Crippen LogP contribution is -2.08. The van der Waals surface area contributed by atoms with E-state index >= 15 is 0 Å². The number of unbranched alkanes of at least 4 members (excludes halogenated alkanes) is 9. The van der Waals surface area contributed by atoms with Crippen LogP contribution < -0.4 is 14.2 Å². The van der Waals surface area contributed by atoms with Gasteiger partial charge in [-0.3, -0.25) is 4.79 Å². The molecule has 0 spiro atoms. The maximum atomic E-state index is 13.6. The van der Waals surface area contributed by atoms with Gasteiger partial charge in [0.05, 0.1) is 19.8 Å². The highest BCUT2D eigenvalue weighted by Crippen LogP contribution is 2.31. The molecule has 216 valence electrons. The molecule has 0 aliphatic rings. The zero-order valence-corrected chi connectivity index (χ0v) is 25.1. The van der Waals surface area contributed by atoms with Crippen molar-refractivity contribution in [1.82, 2.24) is 0 Å². The van der Waals surface area contributed by atoms with Crippen LogP contribution >= 0.6 is 0 Å². The lowest BCUT2D eigenvalue weighted by atomic mass is 10.0. The van der Waals surface area contributed by atoms with Gasteiger partial charge in [-0.1, -0.05) is 97.6 Å². The van der Waals surface area contributed by atoms with E-state index in [1.54, 1.807) is 6.08 Å². The molecule has 0 aliphatic heterocycles. The Kier molecular flexibility index (Phi) is 16.8. The first-order chi connectivity index (χ1) is 19.1. The summed E-state index contributed by atoms with van der Waals surface area (Å²) in [6.45, 7) is 10.6. The van der Waals surface area contributed by atoms with Gasteiger partial charge in [0.15, 0.2) is 5.78 Å². The Morgan fingerprint density at radius 3 is 1.64 bits per heavy atom. The molecule has 2 aromatic rings. The fourth-order valence-electron chi connectivity index (χ4n) is 4.46. The number of ketones is 1. The smallest absolute Gasteiger partial charge is 0.193 e. The molecule has 0 heterocycles. The predicted molar refractivity (Wildman–Crippen MR) is 165 cm³/mol. The minimum absolute atomic E-state index is 0.112. The van der Waals surface area contributed by atoms with Crippen molar-refractivity contribution in [3.8, 4) is 17.2 Å². The molecule has 0 atom stereocenters. The largest absolute Gasteiger partial charge is 0.493 e. The van der Waals surface area contributed by atoms with Gasteiger partial charge < -0.3 is 14.2 Å². The number of benzene rings is 2. The Morgan fingerprint density at radius 1 is 0.641 bits per heavy atom. The zero-order valence-electron chi connectivity index (χ0n) is 25.1. The van der Waals surface area contributed by atoms with Crippen LogP contribution in [-0.2, 0) is 6.42 Å². The number of carbonyl (C=O) groups excluding carboxylic acids is 1. The van der Waals surface area contributed by atoms with Gasteiger partial charge in [-0.25, -0.2) is 0 Å². The highest BCUT2D eigenvalue weighted by Gasteiger charge is 2.17. The van der Waals surface area contributed by atoms with E-state index in [1.165, 1.54) is 50.5 Å². The van der Waals surface area contributed by atoms with Gasteiger partial charge in [0.1, 0.15) is 22.8 Å². The fraction of sp³-hybridized carbons (Fsp3) is 0.571. The molecule has 0 aromatic heterocycles. The first-order valence-electron chi connectivity index (χ1n) is 15.5. The minimum atomic E-state index is -0.112. The standard InChI is InChI=1S/C35H52O4/c1-5-9-12-15-25-37-32-24-21-29(8-4)28-30(32)22-23-31(36)35-33(38-26-16-13-10-6-2)19-18-20-34(35)39-27-17-14-11-7-3/h18-24,28H,5-17,25-27H2,1-4H3/b23-22+. The second kappa shape index (κ2) is 20.2. The van der Waals surface area contributed by atoms with Gasteiger partial charge in [0.2, 0.25) is 0 Å². The van der Waals surface area contributed by atoms with Gasteiger partial charge in [0, 0.05) is 5.56 Å². The van der Waals surface area contributed by atoms with Crippen molar-refractivity contribution < 1.29 is 19.0 Å². The van der Waals surface area contributed by atoms with Crippen molar-refractivity contribution in [3.05, 3.63) is 59.2 Å². The van der Waals surface area contributed by atoms with Crippen LogP contribution in [0, 0.1) is 0 Å². The predicted octanol–water partition coefficient (Wildman–Crippen LogP) is 10.0. The van der Waals surface area contributed by atoms with Gasteiger partial charge in [0.25, 0.3) is 0 Å². The first kappa shape index (κ1) is 32.5. The fourth-order valence-corrected chi connectivity index (χ4v) is 4.46. The summed E-state index contributed by atoms with van der Waals surface area (Å²) in [6.07, 6.45) is 18.0. The molecule has 0 saturated carbocycles. The molecule has 39 heavy (non-hydrogen) atoms. The number of hydrogen-bond acceptors (Lipinski definition) is 4. The van der Waals surface area contributed by atoms with E-state index in [4.69, 9.17) is 14.2 Å². The molecule has 0 amide bonds. The Morgan fingerprint density at radius 2 is 1.15 bits per heavy atom. The Hall–Kier alpha value is -2.75. The van der Waals surface area contributed by atoms with Crippen molar-refractivity contribution in [2.75, 3.05) is 19.8 Å². The number of aryl methyl sites for hydroxylation is 1. The summed E-state index contributed by atoms with van der Waals surface area (Å²) in [5, 5.41) is 0. The molecular formula is C35H52O4. The molecule has 0 aliphatic carbocycles. The summed E-state index contributed by atoms with van der Waals surface area (Å²) in [5.41, 5.74) is 2.65. The maximum Gasteiger partial charge on any atom is 0.193 e. The summed E-state index contributed by atoms with van der Waals surface area (Å²) in [5.74, 6) is 1.91. The summed E-state index contributed by atoms with van der Waals surface area (Å²) >= 11 is 0. The van der Waals surface area contributed by atoms with Crippen LogP contribution in [0.2, 0.25) is 0 Å². The Bertz CT molecular complexity index is 946. The normalized spacial score (nSPS) is 11.2. The topological polar surface area (TPSA) is 44.8 Å². The van der Waals surface area contributed by atoms with Crippen LogP contribution in [0.3, 0.4) is 0 Å². The van der Waals surface area contributed by atoms with Crippen LogP contribution in [0.15, 0.2) is 42.5 Å². The molecule has 0 unspecified atom stereocenters. The monoisotopic (exact) mass is 536 g/mol. The zero-order chi connectivity index (χ0) is 28.1. The quantitative estimate of drug-likeness (QED) is 0.0853. The van der Waals surface area contributed by atoms with Gasteiger partial charge in [-0.15, -0.1) is 0 Å². The van der Waals surface area contributed by atoms with Crippen molar-refractivity contribution >= 4 is 11.9 Å². The van der Waals surface area contributed by atoms with E-state index in [1.807, 2.05) is 30.3 Å². The lowest BCUT2D eigenvalue weighted by molar-refractivity contribution is 0.103. The van der Waals surface area contributed by atoms with Crippen molar-refractivity contribution in [2.45, 2.75) is 111 Å². The summed E-state index contributed by atoms with van der Waals surface area (Å²) < 4.78 is 18.4. The van der Waals surface area contributed by atoms with E-state index in [2.05, 4.69) is 39.8 Å². The number of ether oxygens (including phenoxy) is 3. The Labute approximate surface area is 238 Å². The number of allylic oxidation sites excluding steroid dienone is 1. The molecule has 2 rings (SSSR count). The van der Waals surface area contributed by atoms with Gasteiger partial charge >= 0.3 is 0 Å². The number of rotatable bonds is 22. The summed E-state index contributed by atoms with van der Waals surface area (Å²) in [7, 11) is 0. The van der Waals surface area contributed by atoms with Gasteiger partial charge in [-0.2, -0.15) is 0 Å². The number of hydrogen-bond donors (Lipinski definition) is 0. The minimum Gasteiger partial charge on any atom is -0.493 e. The van der Waals surface area contributed by atoms with E-state index in [0.29, 0.717) is 36.9 Å². The van der Waals surface area contributed by atoms with Crippen LogP contribution in [0.1, 0.15) is 126 Å². The van der Waals surface area contributed by atoms with Crippen LogP contribution in [-0.4, -0.2) is 25.6 Å². The molecule has 2 aromatic carbocycles. The third kappa shape index (κ3) is 12.3. The van der Waals surface area contributed by atoms with E-state index < -0.39 is 0 Å². The van der Waals surface area contributed by atoms with E-state index in [0.717, 1.165) is 49.8 Å². The summed E-state index contributed by atoms with van der Waals surface area (Å²) in [4.78, 5) is 13.6. The molecule has 0 fully saturated rings. The van der Waals surface area contributed by atoms with Crippen LogP contribution in [0.5, 0.6) is 17.2 Å². The number of carbonyl (C=O) groups is 1. The van der Waals surface area contributed by atoms with Gasteiger partial charge in [-0.05, 0) is 67.7 Å². The second-order valence-electron chi connectivity index (χ2n) is 10.3.